The summed E-state index contributed by atoms with van der Waals surface area (Å²) in [7, 11) is 3.96. The summed E-state index contributed by atoms with van der Waals surface area (Å²) in [6.45, 7) is 0. The van der Waals surface area contributed by atoms with Crippen molar-refractivity contribution in [1.29, 1.82) is 0 Å². The zero-order valence-corrected chi connectivity index (χ0v) is 11.9. The second kappa shape index (κ2) is 5.47. The van der Waals surface area contributed by atoms with E-state index in [1.807, 2.05) is 25.0 Å². The molecule has 0 aliphatic heterocycles. The number of likely N-dealkylation sites (N-methyl/N-ethyl adjacent to an activating group) is 1. The van der Waals surface area contributed by atoms with Crippen molar-refractivity contribution < 1.29 is 0 Å². The zero-order valence-electron chi connectivity index (χ0n) is 11.9. The van der Waals surface area contributed by atoms with Crippen LogP contribution in [0.25, 0.3) is 10.8 Å². The third-order valence-corrected chi connectivity index (χ3v) is 3.78. The molecule has 3 nitrogen and oxygen atoms in total. The molecule has 2 aromatic carbocycles. The van der Waals surface area contributed by atoms with E-state index in [0.29, 0.717) is 0 Å². The smallest absolute Gasteiger partial charge is 0.0537 e. The van der Waals surface area contributed by atoms with E-state index in [1.165, 1.54) is 21.9 Å². The van der Waals surface area contributed by atoms with E-state index in [9.17, 15) is 0 Å². The Labute approximate surface area is 119 Å². The van der Waals surface area contributed by atoms with Crippen LogP contribution in [0.4, 0.5) is 0 Å². The molecule has 1 heterocycles. The number of fused-ring (bicyclic) bond motifs is 1. The molecule has 0 aliphatic rings. The fourth-order valence-electron chi connectivity index (χ4n) is 2.70. The van der Waals surface area contributed by atoms with E-state index in [2.05, 4.69) is 59.1 Å². The number of hydrogen-bond acceptors (Lipinski definition) is 2. The van der Waals surface area contributed by atoms with Crippen LogP contribution in [0.3, 0.4) is 0 Å². The van der Waals surface area contributed by atoms with Gasteiger partial charge in [-0.1, -0.05) is 42.5 Å². The van der Waals surface area contributed by atoms with Crippen LogP contribution in [0, 0.1) is 0 Å². The quantitative estimate of drug-likeness (QED) is 0.785. The van der Waals surface area contributed by atoms with Crippen LogP contribution < -0.4 is 5.32 Å². The molecule has 1 N–H and O–H groups in total. The average molecular weight is 265 g/mol. The number of nitrogens with one attached hydrogen (secondary N) is 1. The zero-order chi connectivity index (χ0) is 13.9. The summed E-state index contributed by atoms with van der Waals surface area (Å²) in [4.78, 5) is 0. The Morgan fingerprint density at radius 3 is 2.70 bits per heavy atom. The van der Waals surface area contributed by atoms with Crippen molar-refractivity contribution in [2.45, 2.75) is 12.5 Å². The molecule has 0 saturated heterocycles. The number of hydrogen-bond donors (Lipinski definition) is 1. The molecule has 0 amide bonds. The highest BCUT2D eigenvalue weighted by Gasteiger charge is 2.13. The van der Waals surface area contributed by atoms with Crippen molar-refractivity contribution in [2.75, 3.05) is 7.05 Å². The van der Waals surface area contributed by atoms with E-state index in [1.54, 1.807) is 0 Å². The maximum absolute atomic E-state index is 4.27. The van der Waals surface area contributed by atoms with E-state index >= 15 is 0 Å². The molecule has 0 spiro atoms. The van der Waals surface area contributed by atoms with E-state index in [-0.39, 0.29) is 6.04 Å². The predicted octanol–water partition coefficient (Wildman–Crippen LogP) is 3.08. The fraction of sp³-hybridized carbons (Fsp3) is 0.235. The van der Waals surface area contributed by atoms with Gasteiger partial charge in [-0.2, -0.15) is 5.10 Å². The molecule has 3 aromatic rings. The lowest BCUT2D eigenvalue weighted by molar-refractivity contribution is 0.593. The summed E-state index contributed by atoms with van der Waals surface area (Å²) in [5, 5.41) is 10.3. The highest BCUT2D eigenvalue weighted by molar-refractivity contribution is 5.85. The van der Waals surface area contributed by atoms with Gasteiger partial charge in [0.25, 0.3) is 0 Å². The predicted molar refractivity (Wildman–Crippen MR) is 82.7 cm³/mol. The van der Waals surface area contributed by atoms with Gasteiger partial charge in [-0.25, -0.2) is 0 Å². The van der Waals surface area contributed by atoms with Gasteiger partial charge >= 0.3 is 0 Å². The lowest BCUT2D eigenvalue weighted by Crippen LogP contribution is -2.18. The monoisotopic (exact) mass is 265 g/mol. The minimum Gasteiger partial charge on any atom is -0.313 e. The minimum absolute atomic E-state index is 0.287. The summed E-state index contributed by atoms with van der Waals surface area (Å²) in [6, 6.07) is 15.3. The summed E-state index contributed by atoms with van der Waals surface area (Å²) in [5.74, 6) is 0. The van der Waals surface area contributed by atoms with Gasteiger partial charge in [0.05, 0.1) is 6.20 Å². The molecule has 0 fully saturated rings. The largest absolute Gasteiger partial charge is 0.313 e. The molecule has 0 bridgehead atoms. The summed E-state index contributed by atoms with van der Waals surface area (Å²) >= 11 is 0. The Bertz CT molecular complexity index is 710. The minimum atomic E-state index is 0.287. The van der Waals surface area contributed by atoms with E-state index < -0.39 is 0 Å². The molecule has 3 heteroatoms. The molecular formula is C17H19N3. The first-order valence-corrected chi connectivity index (χ1v) is 6.90. The first kappa shape index (κ1) is 12.9. The fourth-order valence-corrected chi connectivity index (χ4v) is 2.70. The highest BCUT2D eigenvalue weighted by Crippen LogP contribution is 2.24. The third-order valence-electron chi connectivity index (χ3n) is 3.78. The Kier molecular flexibility index (Phi) is 3.52. The van der Waals surface area contributed by atoms with Crippen LogP contribution in [-0.4, -0.2) is 16.8 Å². The SMILES string of the molecule is CNC(Cc1cccc2ccccc12)c1cnn(C)c1. The number of aryl methyl sites for hydroxylation is 1. The third kappa shape index (κ3) is 2.45. The molecule has 1 aromatic heterocycles. The van der Waals surface area contributed by atoms with Crippen LogP contribution in [0.1, 0.15) is 17.2 Å². The number of nitrogens with zero attached hydrogens (tertiary/aromatic N) is 2. The Morgan fingerprint density at radius 1 is 1.15 bits per heavy atom. The molecule has 1 unspecified atom stereocenters. The van der Waals surface area contributed by atoms with Crippen molar-refractivity contribution >= 4 is 10.8 Å². The standard InChI is InChI=1S/C17H19N3/c1-18-17(15-11-19-20(2)12-15)10-14-8-5-7-13-6-3-4-9-16(13)14/h3-9,11-12,17-18H,10H2,1-2H3. The Hall–Kier alpha value is -2.13. The summed E-state index contributed by atoms with van der Waals surface area (Å²) < 4.78 is 1.85. The van der Waals surface area contributed by atoms with Crippen LogP contribution in [0.5, 0.6) is 0 Å². The highest BCUT2D eigenvalue weighted by atomic mass is 15.2. The molecule has 0 radical (unpaired) electrons. The molecule has 1 atom stereocenters. The van der Waals surface area contributed by atoms with Gasteiger partial charge in [-0.15, -0.1) is 0 Å². The van der Waals surface area contributed by atoms with Gasteiger partial charge in [-0.05, 0) is 29.8 Å². The van der Waals surface area contributed by atoms with E-state index in [0.717, 1.165) is 6.42 Å². The maximum Gasteiger partial charge on any atom is 0.0537 e. The average Bonchev–Trinajstić information content (AvgIpc) is 2.91. The first-order chi connectivity index (χ1) is 9.78. The second-order valence-electron chi connectivity index (χ2n) is 5.13. The Balaban J connectivity index is 1.95. The number of aromatic nitrogens is 2. The summed E-state index contributed by atoms with van der Waals surface area (Å²) in [5.41, 5.74) is 2.59. The lowest BCUT2D eigenvalue weighted by atomic mass is 9.96. The molecule has 20 heavy (non-hydrogen) atoms. The molecular weight excluding hydrogens is 246 g/mol. The molecule has 0 saturated carbocycles. The summed E-state index contributed by atoms with van der Waals surface area (Å²) in [6.07, 6.45) is 4.97. The topological polar surface area (TPSA) is 29.9 Å². The number of rotatable bonds is 4. The van der Waals surface area contributed by atoms with Gasteiger partial charge < -0.3 is 5.32 Å². The molecule has 0 aliphatic carbocycles. The van der Waals surface area contributed by atoms with Crippen molar-refractivity contribution in [1.82, 2.24) is 15.1 Å². The maximum atomic E-state index is 4.27. The van der Waals surface area contributed by atoms with Crippen molar-refractivity contribution in [3.05, 3.63) is 66.0 Å². The van der Waals surface area contributed by atoms with Gasteiger partial charge in [0.15, 0.2) is 0 Å². The van der Waals surface area contributed by atoms with Gasteiger partial charge in [0.1, 0.15) is 0 Å². The van der Waals surface area contributed by atoms with Crippen LogP contribution >= 0.6 is 0 Å². The van der Waals surface area contributed by atoms with Crippen LogP contribution in [0.2, 0.25) is 0 Å². The Morgan fingerprint density at radius 2 is 1.95 bits per heavy atom. The van der Waals surface area contributed by atoms with Crippen molar-refractivity contribution in [3.8, 4) is 0 Å². The second-order valence-corrected chi connectivity index (χ2v) is 5.13. The normalized spacial score (nSPS) is 12.7. The van der Waals surface area contributed by atoms with Crippen molar-refractivity contribution in [3.63, 3.8) is 0 Å². The van der Waals surface area contributed by atoms with Crippen LogP contribution in [0.15, 0.2) is 54.9 Å². The first-order valence-electron chi connectivity index (χ1n) is 6.90. The number of benzene rings is 2. The molecule has 102 valence electrons. The van der Waals surface area contributed by atoms with Crippen LogP contribution in [-0.2, 0) is 13.5 Å². The van der Waals surface area contributed by atoms with Crippen molar-refractivity contribution in [2.24, 2.45) is 7.05 Å². The van der Waals surface area contributed by atoms with Gasteiger partial charge in [0, 0.05) is 24.8 Å². The lowest BCUT2D eigenvalue weighted by Gasteiger charge is -2.16. The van der Waals surface area contributed by atoms with Gasteiger partial charge in [0.2, 0.25) is 0 Å². The van der Waals surface area contributed by atoms with Gasteiger partial charge in [-0.3, -0.25) is 4.68 Å². The van der Waals surface area contributed by atoms with E-state index in [4.69, 9.17) is 0 Å². The molecule has 3 rings (SSSR count).